The number of likely N-dealkylation sites (tertiary alicyclic amines) is 1. The van der Waals surface area contributed by atoms with E-state index in [1.807, 2.05) is 6.92 Å². The number of nitrogens with two attached hydrogens (primary N) is 1. The first kappa shape index (κ1) is 14.4. The minimum absolute atomic E-state index is 0.127. The molecular weight excluding hydrogens is 256 g/mol. The molecule has 0 aromatic heterocycles. The predicted molar refractivity (Wildman–Crippen MR) is 76.3 cm³/mol. The number of rotatable bonds is 3. The van der Waals surface area contributed by atoms with Crippen molar-refractivity contribution in [1.82, 2.24) is 4.90 Å². The number of nitrogens with zero attached hydrogens (tertiary/aromatic N) is 1. The molecule has 1 aliphatic heterocycles. The highest BCUT2D eigenvalue weighted by molar-refractivity contribution is 5.92. The van der Waals surface area contributed by atoms with Crippen LogP contribution < -0.4 is 5.73 Å². The summed E-state index contributed by atoms with van der Waals surface area (Å²) < 4.78 is 5.05. The summed E-state index contributed by atoms with van der Waals surface area (Å²) in [6.07, 6.45) is 3.20. The molecule has 0 saturated carbocycles. The van der Waals surface area contributed by atoms with Crippen LogP contribution in [0.5, 0.6) is 0 Å². The van der Waals surface area contributed by atoms with Crippen LogP contribution in [0, 0.1) is 6.92 Å². The minimum Gasteiger partial charge on any atom is -0.452 e. The molecule has 0 atom stereocenters. The lowest BCUT2D eigenvalue weighted by atomic mass is 10.1. The Morgan fingerprint density at radius 2 is 1.95 bits per heavy atom. The van der Waals surface area contributed by atoms with E-state index in [9.17, 15) is 9.59 Å². The number of benzene rings is 1. The molecule has 0 aliphatic carbocycles. The van der Waals surface area contributed by atoms with Crippen molar-refractivity contribution >= 4 is 17.6 Å². The average molecular weight is 276 g/mol. The number of amides is 1. The first-order valence-corrected chi connectivity index (χ1v) is 6.89. The number of nitrogen functional groups attached to an aromatic ring is 1. The fraction of sp³-hybridized carbons (Fsp3) is 0.467. The van der Waals surface area contributed by atoms with Crippen LogP contribution in [-0.2, 0) is 9.53 Å². The molecule has 1 fully saturated rings. The number of anilines is 1. The van der Waals surface area contributed by atoms with Gasteiger partial charge < -0.3 is 15.4 Å². The molecule has 1 aromatic carbocycles. The summed E-state index contributed by atoms with van der Waals surface area (Å²) in [6, 6.07) is 4.99. The van der Waals surface area contributed by atoms with Crippen LogP contribution in [0.2, 0.25) is 0 Å². The highest BCUT2D eigenvalue weighted by Crippen LogP contribution is 2.14. The third kappa shape index (κ3) is 3.50. The Morgan fingerprint density at radius 1 is 1.25 bits per heavy atom. The molecule has 2 rings (SSSR count). The number of hydrogen-bond donors (Lipinski definition) is 1. The molecule has 20 heavy (non-hydrogen) atoms. The zero-order chi connectivity index (χ0) is 14.5. The molecule has 2 N–H and O–H groups in total. The molecule has 108 valence electrons. The van der Waals surface area contributed by atoms with Gasteiger partial charge in [-0.1, -0.05) is 6.07 Å². The standard InChI is InChI=1S/C15H20N2O3/c1-11-5-6-12(9-13(11)16)15(19)20-10-14(18)17-7-3-2-4-8-17/h5-6,9H,2-4,7-8,10,16H2,1H3. The van der Waals surface area contributed by atoms with Gasteiger partial charge in [0.25, 0.3) is 5.91 Å². The van der Waals surface area contributed by atoms with E-state index in [0.717, 1.165) is 37.9 Å². The lowest BCUT2D eigenvalue weighted by Crippen LogP contribution is -2.38. The first-order chi connectivity index (χ1) is 9.58. The quantitative estimate of drug-likeness (QED) is 0.674. The smallest absolute Gasteiger partial charge is 0.338 e. The van der Waals surface area contributed by atoms with Gasteiger partial charge in [0.2, 0.25) is 0 Å². The number of piperidine rings is 1. The maximum Gasteiger partial charge on any atom is 0.338 e. The number of esters is 1. The number of ether oxygens (including phenoxy) is 1. The highest BCUT2D eigenvalue weighted by Gasteiger charge is 2.18. The normalized spacial score (nSPS) is 14.9. The van der Waals surface area contributed by atoms with Gasteiger partial charge in [-0.2, -0.15) is 0 Å². The van der Waals surface area contributed by atoms with Crippen LogP contribution in [-0.4, -0.2) is 36.5 Å². The Labute approximate surface area is 118 Å². The Hall–Kier alpha value is -2.04. The van der Waals surface area contributed by atoms with Crippen LogP contribution in [0.3, 0.4) is 0 Å². The summed E-state index contributed by atoms with van der Waals surface area (Å²) in [5.74, 6) is -0.639. The van der Waals surface area contributed by atoms with Gasteiger partial charge in [0, 0.05) is 18.8 Å². The summed E-state index contributed by atoms with van der Waals surface area (Å²) in [7, 11) is 0. The van der Waals surface area contributed by atoms with Crippen molar-refractivity contribution in [2.45, 2.75) is 26.2 Å². The van der Waals surface area contributed by atoms with E-state index < -0.39 is 5.97 Å². The predicted octanol–water partition coefficient (Wildman–Crippen LogP) is 1.75. The monoisotopic (exact) mass is 276 g/mol. The Kier molecular flexibility index (Phi) is 4.61. The topological polar surface area (TPSA) is 72.6 Å². The van der Waals surface area contributed by atoms with Crippen LogP contribution in [0.15, 0.2) is 18.2 Å². The molecule has 1 amide bonds. The molecule has 1 aromatic rings. The van der Waals surface area contributed by atoms with E-state index >= 15 is 0 Å². The fourth-order valence-electron chi connectivity index (χ4n) is 2.21. The van der Waals surface area contributed by atoms with Crippen molar-refractivity contribution in [3.8, 4) is 0 Å². The summed E-state index contributed by atoms with van der Waals surface area (Å²) in [5.41, 5.74) is 7.57. The van der Waals surface area contributed by atoms with Crippen molar-refractivity contribution < 1.29 is 14.3 Å². The molecule has 0 unspecified atom stereocenters. The second kappa shape index (κ2) is 6.41. The van der Waals surface area contributed by atoms with E-state index in [2.05, 4.69) is 0 Å². The van der Waals surface area contributed by atoms with E-state index in [0.29, 0.717) is 11.3 Å². The van der Waals surface area contributed by atoms with Gasteiger partial charge in [-0.15, -0.1) is 0 Å². The third-order valence-corrected chi connectivity index (χ3v) is 3.55. The number of carbonyl (C=O) groups is 2. The second-order valence-electron chi connectivity index (χ2n) is 5.09. The number of carbonyl (C=O) groups excluding carboxylic acids is 2. The van der Waals surface area contributed by atoms with Crippen LogP contribution in [0.25, 0.3) is 0 Å². The molecule has 1 heterocycles. The number of aryl methyl sites for hydroxylation is 1. The highest BCUT2D eigenvalue weighted by atomic mass is 16.5. The Balaban J connectivity index is 1.88. The van der Waals surface area contributed by atoms with Gasteiger partial charge in [0.05, 0.1) is 5.56 Å². The van der Waals surface area contributed by atoms with E-state index in [1.165, 1.54) is 0 Å². The molecule has 0 bridgehead atoms. The SMILES string of the molecule is Cc1ccc(C(=O)OCC(=O)N2CCCCC2)cc1N. The average Bonchev–Trinajstić information content (AvgIpc) is 2.48. The molecule has 5 heteroatoms. The zero-order valence-corrected chi connectivity index (χ0v) is 11.7. The van der Waals surface area contributed by atoms with Gasteiger partial charge in [0.1, 0.15) is 0 Å². The maximum absolute atomic E-state index is 11.9. The van der Waals surface area contributed by atoms with E-state index in [4.69, 9.17) is 10.5 Å². The van der Waals surface area contributed by atoms with Crippen molar-refractivity contribution in [3.05, 3.63) is 29.3 Å². The maximum atomic E-state index is 11.9. The molecule has 0 spiro atoms. The van der Waals surface area contributed by atoms with E-state index in [-0.39, 0.29) is 12.5 Å². The molecular formula is C15H20N2O3. The fourth-order valence-corrected chi connectivity index (χ4v) is 2.21. The Morgan fingerprint density at radius 3 is 2.60 bits per heavy atom. The largest absolute Gasteiger partial charge is 0.452 e. The van der Waals surface area contributed by atoms with Gasteiger partial charge in [-0.3, -0.25) is 4.79 Å². The molecule has 1 aliphatic rings. The summed E-state index contributed by atoms with van der Waals surface area (Å²) in [5, 5.41) is 0. The minimum atomic E-state index is -0.512. The van der Waals surface area contributed by atoms with Crippen LogP contribution in [0.1, 0.15) is 35.2 Å². The van der Waals surface area contributed by atoms with Crippen LogP contribution >= 0.6 is 0 Å². The van der Waals surface area contributed by atoms with Gasteiger partial charge in [-0.25, -0.2) is 4.79 Å². The molecule has 0 radical (unpaired) electrons. The lowest BCUT2D eigenvalue weighted by Gasteiger charge is -2.26. The van der Waals surface area contributed by atoms with Crippen molar-refractivity contribution in [2.24, 2.45) is 0 Å². The van der Waals surface area contributed by atoms with E-state index in [1.54, 1.807) is 23.1 Å². The first-order valence-electron chi connectivity index (χ1n) is 6.89. The van der Waals surface area contributed by atoms with Gasteiger partial charge in [0.15, 0.2) is 6.61 Å². The summed E-state index contributed by atoms with van der Waals surface area (Å²) >= 11 is 0. The van der Waals surface area contributed by atoms with Crippen molar-refractivity contribution in [2.75, 3.05) is 25.4 Å². The summed E-state index contributed by atoms with van der Waals surface area (Å²) in [4.78, 5) is 25.5. The van der Waals surface area contributed by atoms with Gasteiger partial charge in [-0.05, 0) is 43.9 Å². The molecule has 1 saturated heterocycles. The summed E-state index contributed by atoms with van der Waals surface area (Å²) in [6.45, 7) is 3.18. The third-order valence-electron chi connectivity index (χ3n) is 3.55. The van der Waals surface area contributed by atoms with Crippen molar-refractivity contribution in [3.63, 3.8) is 0 Å². The zero-order valence-electron chi connectivity index (χ0n) is 11.7. The second-order valence-corrected chi connectivity index (χ2v) is 5.09. The van der Waals surface area contributed by atoms with Gasteiger partial charge >= 0.3 is 5.97 Å². The van der Waals surface area contributed by atoms with Crippen LogP contribution in [0.4, 0.5) is 5.69 Å². The lowest BCUT2D eigenvalue weighted by molar-refractivity contribution is -0.135. The van der Waals surface area contributed by atoms with Crippen molar-refractivity contribution in [1.29, 1.82) is 0 Å². The molecule has 5 nitrogen and oxygen atoms in total. The number of hydrogen-bond acceptors (Lipinski definition) is 4. The Bertz CT molecular complexity index is 508.